The number of rotatable bonds is 10. The molecule has 2 saturated heterocycles. The monoisotopic (exact) mass is 638 g/mol. The number of nitrogens with two attached hydrogens (primary N) is 1. The van der Waals surface area contributed by atoms with Gasteiger partial charge in [-0.25, -0.2) is 17.2 Å². The van der Waals surface area contributed by atoms with Crippen LogP contribution in [-0.2, 0) is 26.0 Å². The molecular formula is C34H40F2N4O4S. The molecule has 2 aliphatic heterocycles. The molecule has 1 unspecified atom stereocenters. The Labute approximate surface area is 264 Å². The normalized spacial score (nSPS) is 22.7. The van der Waals surface area contributed by atoms with Gasteiger partial charge in [-0.1, -0.05) is 36.1 Å². The molecule has 45 heavy (non-hydrogen) atoms. The van der Waals surface area contributed by atoms with Crippen LogP contribution >= 0.6 is 0 Å². The number of carbonyl (C=O) groups excluding carboxylic acids is 1. The van der Waals surface area contributed by atoms with Crippen molar-refractivity contribution in [3.63, 3.8) is 0 Å². The van der Waals surface area contributed by atoms with Gasteiger partial charge in [-0.2, -0.15) is 4.31 Å². The minimum atomic E-state index is -3.79. The maximum atomic E-state index is 15.3. The van der Waals surface area contributed by atoms with Crippen molar-refractivity contribution in [2.45, 2.75) is 62.0 Å². The number of hydrogen-bond acceptors (Lipinski definition) is 6. The quantitative estimate of drug-likeness (QED) is 0.335. The zero-order valence-corrected chi connectivity index (χ0v) is 26.2. The molecule has 2 fully saturated rings. The summed E-state index contributed by atoms with van der Waals surface area (Å²) in [5.74, 6) is 3.61. The molecule has 2 aromatic carbocycles. The zero-order valence-electron chi connectivity index (χ0n) is 25.3. The van der Waals surface area contributed by atoms with E-state index in [0.29, 0.717) is 51.1 Å². The largest absolute Gasteiger partial charge is 0.381 e. The molecule has 2 aromatic rings. The van der Waals surface area contributed by atoms with E-state index in [1.165, 1.54) is 28.6 Å². The fraction of sp³-hybridized carbons (Fsp3) is 0.441. The molecule has 1 amide bonds. The number of ether oxygens (including phenoxy) is 1. The topological polar surface area (TPSA) is 114 Å². The van der Waals surface area contributed by atoms with E-state index in [1.54, 1.807) is 36.4 Å². The van der Waals surface area contributed by atoms with Crippen molar-refractivity contribution < 1.29 is 26.7 Å². The summed E-state index contributed by atoms with van der Waals surface area (Å²) in [4.78, 5) is 13.9. The van der Waals surface area contributed by atoms with E-state index in [0.717, 1.165) is 0 Å². The van der Waals surface area contributed by atoms with Gasteiger partial charge in [-0.3, -0.25) is 4.79 Å². The van der Waals surface area contributed by atoms with Gasteiger partial charge >= 0.3 is 0 Å². The van der Waals surface area contributed by atoms with E-state index >= 15 is 4.39 Å². The lowest BCUT2D eigenvalue weighted by atomic mass is 9.75. The third-order valence-electron chi connectivity index (χ3n) is 8.86. The average molecular weight is 639 g/mol. The minimum Gasteiger partial charge on any atom is -0.381 e. The predicted molar refractivity (Wildman–Crippen MR) is 170 cm³/mol. The van der Waals surface area contributed by atoms with Crippen molar-refractivity contribution in [2.75, 3.05) is 31.6 Å². The number of benzene rings is 2. The average Bonchev–Trinajstić information content (AvgIpc) is 3.25. The molecule has 0 bridgehead atoms. The lowest BCUT2D eigenvalue weighted by molar-refractivity contribution is -0.119. The molecule has 0 saturated carbocycles. The maximum Gasteiger partial charge on any atom is 0.243 e. The summed E-state index contributed by atoms with van der Waals surface area (Å²) in [6.45, 7) is 3.80. The summed E-state index contributed by atoms with van der Waals surface area (Å²) in [5.41, 5.74) is 7.82. The molecule has 0 aromatic heterocycles. The van der Waals surface area contributed by atoms with Gasteiger partial charge in [-0.15, -0.1) is 0 Å². The number of anilines is 1. The molecule has 0 radical (unpaired) electrons. The van der Waals surface area contributed by atoms with Gasteiger partial charge in [0.05, 0.1) is 10.9 Å². The standard InChI is InChI=1S/C34H40F2N4O4S/c1-23-21-38-22-27(40(23)45(42,43)28-10-3-2-4-11-28)14-15-29-30(36)12-7-13-31(29)39-34(41)33(37)32(24-16-18-44-19-17-24)25-8-5-6-9-26(35)20-25/h2-4,7,9-13,20,23-24,27,32-33,38H,8,14-19,21-22,37H2,1H3,(H,39,41)/t23-,27+,32?,33+/m1/s1. The number of halogens is 2. The van der Waals surface area contributed by atoms with E-state index in [1.807, 2.05) is 6.92 Å². The second-order valence-electron chi connectivity index (χ2n) is 11.9. The molecule has 2 heterocycles. The maximum absolute atomic E-state index is 15.3. The first-order chi connectivity index (χ1) is 21.7. The van der Waals surface area contributed by atoms with Crippen LogP contribution in [0.4, 0.5) is 14.5 Å². The minimum absolute atomic E-state index is 0.0104. The number of piperazine rings is 1. The van der Waals surface area contributed by atoms with E-state index in [2.05, 4.69) is 22.5 Å². The number of allylic oxidation sites excluding steroid dienone is 3. The van der Waals surface area contributed by atoms with E-state index < -0.39 is 45.6 Å². The molecule has 5 rings (SSSR count). The summed E-state index contributed by atoms with van der Waals surface area (Å²) >= 11 is 0. The Morgan fingerprint density at radius 1 is 1.13 bits per heavy atom. The highest BCUT2D eigenvalue weighted by Gasteiger charge is 2.38. The van der Waals surface area contributed by atoms with Crippen molar-refractivity contribution in [3.8, 4) is 11.8 Å². The number of sulfonamides is 1. The zero-order chi connectivity index (χ0) is 32.0. The SMILES string of the molecule is C[C@@H]1CNC[C@H](CCc2c(F)cccc2NC(=O)[C@@H](N)C(C2=CC(F)=CC#CC2)C2CCOCC2)N1S(=O)(=O)c1ccccc1. The fourth-order valence-electron chi connectivity index (χ4n) is 6.65. The van der Waals surface area contributed by atoms with E-state index in [9.17, 15) is 17.6 Å². The van der Waals surface area contributed by atoms with Gasteiger partial charge in [0, 0.05) is 68.1 Å². The van der Waals surface area contributed by atoms with Crippen molar-refractivity contribution in [1.82, 2.24) is 9.62 Å². The molecular weight excluding hydrogens is 598 g/mol. The summed E-state index contributed by atoms with van der Waals surface area (Å²) in [7, 11) is -3.79. The molecule has 4 N–H and O–H groups in total. The number of amides is 1. The van der Waals surface area contributed by atoms with E-state index in [4.69, 9.17) is 10.5 Å². The van der Waals surface area contributed by atoms with Crippen LogP contribution in [-0.4, -0.2) is 63.1 Å². The molecule has 11 heteroatoms. The number of carbonyl (C=O) groups is 1. The second kappa shape index (κ2) is 14.8. The Morgan fingerprint density at radius 3 is 2.64 bits per heavy atom. The molecule has 4 atom stereocenters. The Balaban J connectivity index is 1.36. The van der Waals surface area contributed by atoms with Crippen LogP contribution in [0.1, 0.15) is 38.2 Å². The molecule has 8 nitrogen and oxygen atoms in total. The third kappa shape index (κ3) is 7.71. The first-order valence-corrected chi connectivity index (χ1v) is 16.9. The number of nitrogens with one attached hydrogen (secondary N) is 2. The van der Waals surface area contributed by atoms with E-state index in [-0.39, 0.29) is 40.9 Å². The van der Waals surface area contributed by atoms with Gasteiger partial charge in [0.25, 0.3) is 0 Å². The van der Waals surface area contributed by atoms with Gasteiger partial charge in [0.15, 0.2) is 0 Å². The Morgan fingerprint density at radius 2 is 1.89 bits per heavy atom. The third-order valence-corrected chi connectivity index (χ3v) is 10.9. The Hall–Kier alpha value is -3.40. The number of nitrogens with zero attached hydrogens (tertiary/aromatic N) is 1. The van der Waals surface area contributed by atoms with Crippen LogP contribution in [0.15, 0.2) is 77.0 Å². The summed E-state index contributed by atoms with van der Waals surface area (Å²) in [6.07, 6.45) is 4.73. The van der Waals surface area contributed by atoms with Crippen molar-refractivity contribution in [2.24, 2.45) is 17.6 Å². The van der Waals surface area contributed by atoms with Crippen LogP contribution in [0.25, 0.3) is 0 Å². The molecule has 3 aliphatic rings. The van der Waals surface area contributed by atoms with Gasteiger partial charge in [0.2, 0.25) is 15.9 Å². The molecule has 0 spiro atoms. The second-order valence-corrected chi connectivity index (χ2v) is 13.7. The predicted octanol–water partition coefficient (Wildman–Crippen LogP) is 4.31. The highest BCUT2D eigenvalue weighted by atomic mass is 32.2. The Kier molecular flexibility index (Phi) is 10.8. The molecule has 240 valence electrons. The van der Waals surface area contributed by atoms with Gasteiger partial charge in [-0.05, 0) is 74.4 Å². The van der Waals surface area contributed by atoms with Crippen LogP contribution in [0.3, 0.4) is 0 Å². The lowest BCUT2D eigenvalue weighted by Crippen LogP contribution is -2.58. The smallest absolute Gasteiger partial charge is 0.243 e. The fourth-order valence-corrected chi connectivity index (χ4v) is 8.52. The van der Waals surface area contributed by atoms with Crippen LogP contribution in [0, 0.1) is 29.5 Å². The van der Waals surface area contributed by atoms with Crippen molar-refractivity contribution in [1.29, 1.82) is 0 Å². The highest BCUT2D eigenvalue weighted by Crippen LogP contribution is 2.35. The van der Waals surface area contributed by atoms with Gasteiger partial charge < -0.3 is 21.1 Å². The van der Waals surface area contributed by atoms with Crippen LogP contribution in [0.5, 0.6) is 0 Å². The van der Waals surface area contributed by atoms with Crippen LogP contribution < -0.4 is 16.4 Å². The number of hydrogen-bond donors (Lipinski definition) is 3. The van der Waals surface area contributed by atoms with Gasteiger partial charge in [0.1, 0.15) is 11.6 Å². The first kappa shape index (κ1) is 33.0. The van der Waals surface area contributed by atoms with Crippen molar-refractivity contribution in [3.05, 3.63) is 83.5 Å². The summed E-state index contributed by atoms with van der Waals surface area (Å²) in [6, 6.07) is 10.9. The van der Waals surface area contributed by atoms with Crippen LogP contribution in [0.2, 0.25) is 0 Å². The van der Waals surface area contributed by atoms with Crippen molar-refractivity contribution >= 4 is 21.6 Å². The summed E-state index contributed by atoms with van der Waals surface area (Å²) in [5, 5.41) is 6.14. The Bertz CT molecular complexity index is 1600. The lowest BCUT2D eigenvalue weighted by Gasteiger charge is -2.40. The highest BCUT2D eigenvalue weighted by molar-refractivity contribution is 7.89. The molecule has 1 aliphatic carbocycles. The summed E-state index contributed by atoms with van der Waals surface area (Å²) < 4.78 is 64.1. The first-order valence-electron chi connectivity index (χ1n) is 15.4.